The highest BCUT2D eigenvalue weighted by molar-refractivity contribution is 5.96. The van der Waals surface area contributed by atoms with Crippen LogP contribution in [0, 0.1) is 11.8 Å². The fourth-order valence-electron chi connectivity index (χ4n) is 4.17. The van der Waals surface area contributed by atoms with Crippen molar-refractivity contribution in [1.82, 2.24) is 24.1 Å². The monoisotopic (exact) mass is 417 g/mol. The van der Waals surface area contributed by atoms with E-state index in [9.17, 15) is 4.79 Å². The molecule has 1 aliphatic carbocycles. The average molecular weight is 418 g/mol. The van der Waals surface area contributed by atoms with Gasteiger partial charge < -0.3 is 15.2 Å². The average Bonchev–Trinajstić information content (AvgIpc) is 3.14. The molecule has 1 fully saturated rings. The van der Waals surface area contributed by atoms with E-state index < -0.39 is 0 Å². The molecule has 4 heterocycles. The predicted molar refractivity (Wildman–Crippen MR) is 122 cm³/mol. The number of amides is 1. The molecule has 2 atom stereocenters. The smallest absolute Gasteiger partial charge is 0.224 e. The maximum Gasteiger partial charge on any atom is 0.224 e. The first kappa shape index (κ1) is 19.5. The van der Waals surface area contributed by atoms with Crippen molar-refractivity contribution in [2.45, 2.75) is 39.7 Å². The van der Waals surface area contributed by atoms with Crippen LogP contribution in [0.15, 0.2) is 36.8 Å². The van der Waals surface area contributed by atoms with Gasteiger partial charge in [0.15, 0.2) is 5.65 Å². The van der Waals surface area contributed by atoms with Crippen molar-refractivity contribution < 1.29 is 4.79 Å². The molecule has 1 saturated carbocycles. The third kappa shape index (κ3) is 3.41. The first-order chi connectivity index (χ1) is 15.0. The number of nitrogens with zero attached hydrogens (tertiary/aromatic N) is 5. The SMILES string of the molecule is CNc1cc(-c2cn(C(C)C)c3ncccc23)nc2c(NC(=O)CC3CC3C)cnn12. The Morgan fingerprint density at radius 2 is 2.13 bits per heavy atom. The van der Waals surface area contributed by atoms with Gasteiger partial charge in [-0.3, -0.25) is 4.79 Å². The Kier molecular flexibility index (Phi) is 4.64. The lowest BCUT2D eigenvalue weighted by Crippen LogP contribution is -2.12. The number of rotatable bonds is 6. The zero-order chi connectivity index (χ0) is 21.7. The maximum absolute atomic E-state index is 12.5. The summed E-state index contributed by atoms with van der Waals surface area (Å²) in [7, 11) is 1.85. The van der Waals surface area contributed by atoms with E-state index in [1.165, 1.54) is 0 Å². The van der Waals surface area contributed by atoms with Crippen molar-refractivity contribution >= 4 is 34.1 Å². The van der Waals surface area contributed by atoms with Gasteiger partial charge in [0.1, 0.15) is 17.2 Å². The summed E-state index contributed by atoms with van der Waals surface area (Å²) in [6, 6.07) is 6.26. The van der Waals surface area contributed by atoms with Gasteiger partial charge in [0, 0.05) is 48.9 Å². The lowest BCUT2D eigenvalue weighted by Gasteiger charge is -2.09. The summed E-state index contributed by atoms with van der Waals surface area (Å²) in [5, 5.41) is 11.7. The molecule has 0 bridgehead atoms. The molecule has 160 valence electrons. The van der Waals surface area contributed by atoms with E-state index in [1.807, 2.05) is 25.4 Å². The summed E-state index contributed by atoms with van der Waals surface area (Å²) in [4.78, 5) is 22.0. The van der Waals surface area contributed by atoms with Crippen LogP contribution in [0.1, 0.15) is 39.7 Å². The van der Waals surface area contributed by atoms with Gasteiger partial charge in [0.25, 0.3) is 0 Å². The molecule has 1 aliphatic rings. The second-order valence-corrected chi connectivity index (χ2v) is 8.71. The second kappa shape index (κ2) is 7.37. The van der Waals surface area contributed by atoms with E-state index in [1.54, 1.807) is 10.7 Å². The number of hydrogen-bond acceptors (Lipinski definition) is 5. The molecule has 8 heteroatoms. The molecular formula is C23H27N7O. The van der Waals surface area contributed by atoms with E-state index in [0.717, 1.165) is 34.5 Å². The van der Waals surface area contributed by atoms with Crippen molar-refractivity contribution in [2.24, 2.45) is 11.8 Å². The highest BCUT2D eigenvalue weighted by Gasteiger charge is 2.34. The molecule has 0 aliphatic heterocycles. The van der Waals surface area contributed by atoms with Crippen LogP contribution in [0.25, 0.3) is 27.9 Å². The lowest BCUT2D eigenvalue weighted by atomic mass is 10.1. The number of carbonyl (C=O) groups excluding carboxylic acids is 1. The summed E-state index contributed by atoms with van der Waals surface area (Å²) < 4.78 is 3.88. The Balaban J connectivity index is 1.60. The summed E-state index contributed by atoms with van der Waals surface area (Å²) >= 11 is 0. The Morgan fingerprint density at radius 1 is 1.32 bits per heavy atom. The van der Waals surface area contributed by atoms with E-state index in [-0.39, 0.29) is 11.9 Å². The van der Waals surface area contributed by atoms with Gasteiger partial charge in [-0.05, 0) is 44.2 Å². The van der Waals surface area contributed by atoms with Crippen molar-refractivity contribution in [3.05, 3.63) is 36.8 Å². The summed E-state index contributed by atoms with van der Waals surface area (Å²) in [6.07, 6.45) is 7.25. The highest BCUT2D eigenvalue weighted by Crippen LogP contribution is 2.40. The zero-order valence-corrected chi connectivity index (χ0v) is 18.3. The number of carbonyl (C=O) groups is 1. The summed E-state index contributed by atoms with van der Waals surface area (Å²) in [6.45, 7) is 6.46. The molecular weight excluding hydrogens is 390 g/mol. The van der Waals surface area contributed by atoms with Crippen LogP contribution < -0.4 is 10.6 Å². The van der Waals surface area contributed by atoms with Gasteiger partial charge in [-0.2, -0.15) is 9.61 Å². The molecule has 31 heavy (non-hydrogen) atoms. The molecule has 8 nitrogen and oxygen atoms in total. The van der Waals surface area contributed by atoms with Gasteiger partial charge in [-0.25, -0.2) is 9.97 Å². The molecule has 2 N–H and O–H groups in total. The Bertz CT molecular complexity index is 1290. The van der Waals surface area contributed by atoms with E-state index in [4.69, 9.17) is 4.98 Å². The summed E-state index contributed by atoms with van der Waals surface area (Å²) in [5.41, 5.74) is 3.98. The van der Waals surface area contributed by atoms with Gasteiger partial charge in [-0.1, -0.05) is 6.92 Å². The standard InChI is InChI=1S/C23H27N7O/c1-13(2)29-12-17(16-6-5-7-25-22(16)29)18-10-20(24-4)30-23(28-18)19(11-26-30)27-21(31)9-15-8-14(15)3/h5-7,10-15,24H,8-9H2,1-4H3,(H,27,31). The van der Waals surface area contributed by atoms with Gasteiger partial charge in [0.2, 0.25) is 5.91 Å². The van der Waals surface area contributed by atoms with E-state index in [0.29, 0.717) is 29.6 Å². The molecule has 0 spiro atoms. The molecule has 4 aromatic rings. The van der Waals surface area contributed by atoms with E-state index in [2.05, 4.69) is 58.3 Å². The Labute approximate surface area is 180 Å². The van der Waals surface area contributed by atoms with Crippen molar-refractivity contribution in [3.63, 3.8) is 0 Å². The third-order valence-corrected chi connectivity index (χ3v) is 6.15. The van der Waals surface area contributed by atoms with E-state index >= 15 is 0 Å². The second-order valence-electron chi connectivity index (χ2n) is 8.71. The zero-order valence-electron chi connectivity index (χ0n) is 18.3. The first-order valence-corrected chi connectivity index (χ1v) is 10.8. The quantitative estimate of drug-likeness (QED) is 0.487. The van der Waals surface area contributed by atoms with Crippen LogP contribution in [0.5, 0.6) is 0 Å². The van der Waals surface area contributed by atoms with Crippen molar-refractivity contribution in [1.29, 1.82) is 0 Å². The van der Waals surface area contributed by atoms with Crippen LogP contribution in [-0.2, 0) is 4.79 Å². The van der Waals surface area contributed by atoms with Gasteiger partial charge in [-0.15, -0.1) is 0 Å². The minimum Gasteiger partial charge on any atom is -0.373 e. The van der Waals surface area contributed by atoms with Crippen LogP contribution in [-0.4, -0.2) is 37.1 Å². The molecule has 2 unspecified atom stereocenters. The first-order valence-electron chi connectivity index (χ1n) is 10.8. The molecule has 4 aromatic heterocycles. The minimum absolute atomic E-state index is 0.0167. The number of pyridine rings is 1. The topological polar surface area (TPSA) is 89.1 Å². The van der Waals surface area contributed by atoms with Crippen LogP contribution in [0.3, 0.4) is 0 Å². The highest BCUT2D eigenvalue weighted by atomic mass is 16.1. The van der Waals surface area contributed by atoms with Gasteiger partial charge >= 0.3 is 0 Å². The number of fused-ring (bicyclic) bond motifs is 2. The number of anilines is 2. The summed E-state index contributed by atoms with van der Waals surface area (Å²) in [5.74, 6) is 1.95. The lowest BCUT2D eigenvalue weighted by molar-refractivity contribution is -0.116. The number of aromatic nitrogens is 5. The van der Waals surface area contributed by atoms with Gasteiger partial charge in [0.05, 0.1) is 11.9 Å². The molecule has 0 radical (unpaired) electrons. The molecule has 1 amide bonds. The Hall–Kier alpha value is -3.42. The van der Waals surface area contributed by atoms with Crippen molar-refractivity contribution in [3.8, 4) is 11.3 Å². The molecule has 0 saturated heterocycles. The van der Waals surface area contributed by atoms with Crippen LogP contribution >= 0.6 is 0 Å². The minimum atomic E-state index is 0.0167. The number of hydrogen-bond donors (Lipinski definition) is 2. The predicted octanol–water partition coefficient (Wildman–Crippen LogP) is 4.35. The number of nitrogens with one attached hydrogen (secondary N) is 2. The fraction of sp³-hybridized carbons (Fsp3) is 0.391. The normalized spacial score (nSPS) is 18.1. The largest absolute Gasteiger partial charge is 0.373 e. The molecule has 5 rings (SSSR count). The fourth-order valence-corrected chi connectivity index (χ4v) is 4.17. The Morgan fingerprint density at radius 3 is 2.84 bits per heavy atom. The molecule has 0 aromatic carbocycles. The van der Waals surface area contributed by atoms with Crippen LogP contribution in [0.4, 0.5) is 11.5 Å². The maximum atomic E-state index is 12.5. The third-order valence-electron chi connectivity index (χ3n) is 6.15. The van der Waals surface area contributed by atoms with Crippen LogP contribution in [0.2, 0.25) is 0 Å². The van der Waals surface area contributed by atoms with Crippen molar-refractivity contribution in [2.75, 3.05) is 17.7 Å².